The topological polar surface area (TPSA) is 179 Å². The SMILES string of the molecule is CC(C)C[C@@H](C(=O)NN(C(=O)[C@@H](C)N)C1CCCC1)[C@H](CC=Cc1ccccc1)C(=O)NO.Cc1ccc(S(=O)(=O)O)cc1. The molecule has 0 aliphatic heterocycles. The quantitative estimate of drug-likeness (QED) is 0.139. The number of aryl methyl sites for hydroxylation is 1. The molecule has 0 bridgehead atoms. The molecule has 0 radical (unpaired) electrons. The lowest BCUT2D eigenvalue weighted by Crippen LogP contribution is -2.57. The smallest absolute Gasteiger partial charge is 0.294 e. The number of hydrogen-bond acceptors (Lipinski definition) is 7. The van der Waals surface area contributed by atoms with Crippen molar-refractivity contribution in [3.63, 3.8) is 0 Å². The molecule has 0 saturated heterocycles. The van der Waals surface area contributed by atoms with Crippen LogP contribution in [0.2, 0.25) is 0 Å². The van der Waals surface area contributed by atoms with Crippen molar-refractivity contribution in [2.75, 3.05) is 0 Å². The molecule has 3 rings (SSSR count). The van der Waals surface area contributed by atoms with Gasteiger partial charge in [0.25, 0.3) is 16.0 Å². The molecule has 1 aliphatic carbocycles. The fraction of sp³-hybridized carbons (Fsp3) is 0.469. The van der Waals surface area contributed by atoms with Crippen LogP contribution >= 0.6 is 0 Å². The molecule has 11 nitrogen and oxygen atoms in total. The summed E-state index contributed by atoms with van der Waals surface area (Å²) in [5, 5.41) is 10.7. The van der Waals surface area contributed by atoms with E-state index in [1.165, 1.54) is 17.1 Å². The van der Waals surface area contributed by atoms with Crippen LogP contribution in [0.1, 0.15) is 70.4 Å². The van der Waals surface area contributed by atoms with Gasteiger partial charge in [-0.15, -0.1) is 0 Å². The molecule has 44 heavy (non-hydrogen) atoms. The van der Waals surface area contributed by atoms with E-state index in [1.807, 2.05) is 63.3 Å². The predicted molar refractivity (Wildman–Crippen MR) is 168 cm³/mol. The van der Waals surface area contributed by atoms with Crippen molar-refractivity contribution < 1.29 is 32.6 Å². The van der Waals surface area contributed by atoms with Crippen LogP contribution in [0.4, 0.5) is 0 Å². The number of carbonyl (C=O) groups excluding carboxylic acids is 3. The fourth-order valence-corrected chi connectivity index (χ4v) is 5.51. The average Bonchev–Trinajstić information content (AvgIpc) is 3.51. The average molecular weight is 631 g/mol. The number of hydrogen-bond donors (Lipinski definition) is 5. The second kappa shape index (κ2) is 17.6. The van der Waals surface area contributed by atoms with Crippen molar-refractivity contribution >= 4 is 33.9 Å². The number of nitrogens with one attached hydrogen (secondary N) is 2. The Labute approximate surface area is 260 Å². The molecule has 242 valence electrons. The van der Waals surface area contributed by atoms with Crippen LogP contribution in [0, 0.1) is 24.7 Å². The molecule has 0 aromatic heterocycles. The maximum atomic E-state index is 13.4. The van der Waals surface area contributed by atoms with Gasteiger partial charge in [-0.2, -0.15) is 8.42 Å². The van der Waals surface area contributed by atoms with Gasteiger partial charge in [-0.05, 0) is 63.1 Å². The van der Waals surface area contributed by atoms with Gasteiger partial charge in [0.05, 0.1) is 28.8 Å². The largest absolute Gasteiger partial charge is 0.320 e. The van der Waals surface area contributed by atoms with Gasteiger partial charge in [0, 0.05) is 0 Å². The molecular formula is C32H46N4O7S. The first kappa shape index (κ1) is 36.6. The Hall–Kier alpha value is -3.58. The molecule has 1 aliphatic rings. The minimum Gasteiger partial charge on any atom is -0.320 e. The molecule has 0 spiro atoms. The van der Waals surface area contributed by atoms with Crippen molar-refractivity contribution in [1.29, 1.82) is 0 Å². The Morgan fingerprint density at radius 3 is 2.07 bits per heavy atom. The Morgan fingerprint density at radius 2 is 1.57 bits per heavy atom. The first-order valence-electron chi connectivity index (χ1n) is 14.8. The van der Waals surface area contributed by atoms with Crippen LogP contribution in [0.3, 0.4) is 0 Å². The number of hydroxylamine groups is 1. The third kappa shape index (κ3) is 11.8. The summed E-state index contributed by atoms with van der Waals surface area (Å²) < 4.78 is 29.6. The van der Waals surface area contributed by atoms with E-state index in [4.69, 9.17) is 10.3 Å². The van der Waals surface area contributed by atoms with Gasteiger partial charge in [-0.3, -0.25) is 29.6 Å². The van der Waals surface area contributed by atoms with Gasteiger partial charge in [0.1, 0.15) is 0 Å². The van der Waals surface area contributed by atoms with Crippen LogP contribution in [-0.2, 0) is 24.5 Å². The molecule has 1 fully saturated rings. The van der Waals surface area contributed by atoms with E-state index in [-0.39, 0.29) is 29.2 Å². The summed E-state index contributed by atoms with van der Waals surface area (Å²) in [5.41, 5.74) is 12.3. The van der Waals surface area contributed by atoms with Crippen LogP contribution in [0.25, 0.3) is 6.08 Å². The standard InChI is InChI=1S/C25H38N4O4.C7H8O3S/c1-17(2)16-22(21(24(31)28-33)15-9-12-19-10-5-4-6-11-19)23(30)27-29(25(32)18(3)26)20-13-7-8-14-20;1-6-2-4-7(5-3-6)11(8,9)10/h4-6,9-12,17-18,20-22,33H,7-8,13-16,26H2,1-3H3,(H,27,30)(H,28,31);2-5H,1H3,(H,8,9,10)/t18-,21+,22-;/m1./s1. The summed E-state index contributed by atoms with van der Waals surface area (Å²) in [4.78, 5) is 38.7. The fourth-order valence-electron chi connectivity index (χ4n) is 5.03. The monoisotopic (exact) mass is 630 g/mol. The number of amides is 3. The van der Waals surface area contributed by atoms with Gasteiger partial charge in [-0.25, -0.2) is 10.5 Å². The Morgan fingerprint density at radius 1 is 0.977 bits per heavy atom. The van der Waals surface area contributed by atoms with E-state index in [0.717, 1.165) is 36.8 Å². The minimum absolute atomic E-state index is 0.0666. The molecule has 6 N–H and O–H groups in total. The molecule has 2 aromatic carbocycles. The Bertz CT molecular complexity index is 1340. The summed E-state index contributed by atoms with van der Waals surface area (Å²) >= 11 is 0. The second-order valence-corrected chi connectivity index (χ2v) is 13.0. The number of benzene rings is 2. The lowest BCUT2D eigenvalue weighted by atomic mass is 9.82. The minimum atomic E-state index is -4.02. The summed E-state index contributed by atoms with van der Waals surface area (Å²) in [6.07, 6.45) is 7.97. The van der Waals surface area contributed by atoms with Crippen molar-refractivity contribution in [1.82, 2.24) is 15.9 Å². The van der Waals surface area contributed by atoms with E-state index < -0.39 is 39.8 Å². The number of allylic oxidation sites excluding steroid dienone is 1. The highest BCUT2D eigenvalue weighted by Crippen LogP contribution is 2.27. The number of rotatable bonds is 11. The molecular weight excluding hydrogens is 584 g/mol. The van der Waals surface area contributed by atoms with Gasteiger partial charge >= 0.3 is 0 Å². The van der Waals surface area contributed by atoms with Gasteiger partial charge in [0.2, 0.25) is 11.8 Å². The molecule has 3 amide bonds. The van der Waals surface area contributed by atoms with Gasteiger partial charge in [0.15, 0.2) is 0 Å². The van der Waals surface area contributed by atoms with E-state index in [0.29, 0.717) is 6.42 Å². The van der Waals surface area contributed by atoms with E-state index >= 15 is 0 Å². The van der Waals surface area contributed by atoms with E-state index in [1.54, 1.807) is 24.5 Å². The number of nitrogens with zero attached hydrogens (tertiary/aromatic N) is 1. The molecule has 0 unspecified atom stereocenters. The molecule has 2 aromatic rings. The summed E-state index contributed by atoms with van der Waals surface area (Å²) in [6.45, 7) is 7.37. The highest BCUT2D eigenvalue weighted by molar-refractivity contribution is 7.85. The Kier molecular flexibility index (Phi) is 14.7. The summed E-state index contributed by atoms with van der Waals surface area (Å²) in [7, 11) is -4.02. The normalized spacial score (nSPS) is 15.6. The van der Waals surface area contributed by atoms with E-state index in [2.05, 4.69) is 5.43 Å². The van der Waals surface area contributed by atoms with E-state index in [9.17, 15) is 28.0 Å². The molecule has 1 saturated carbocycles. The number of hydrazine groups is 1. The van der Waals surface area contributed by atoms with Crippen molar-refractivity contribution in [3.8, 4) is 0 Å². The van der Waals surface area contributed by atoms with Crippen LogP contribution < -0.4 is 16.6 Å². The highest BCUT2D eigenvalue weighted by Gasteiger charge is 2.37. The van der Waals surface area contributed by atoms with Crippen molar-refractivity contribution in [2.45, 2.75) is 83.2 Å². The number of carbonyl (C=O) groups is 3. The third-order valence-electron chi connectivity index (χ3n) is 7.36. The molecule has 12 heteroatoms. The second-order valence-electron chi connectivity index (χ2n) is 11.6. The zero-order valence-electron chi connectivity index (χ0n) is 25.8. The first-order chi connectivity index (χ1) is 20.7. The van der Waals surface area contributed by atoms with Crippen LogP contribution in [0.5, 0.6) is 0 Å². The van der Waals surface area contributed by atoms with Gasteiger partial charge < -0.3 is 5.73 Å². The zero-order valence-corrected chi connectivity index (χ0v) is 26.7. The maximum absolute atomic E-state index is 13.4. The zero-order chi connectivity index (χ0) is 32.9. The molecule has 0 heterocycles. The maximum Gasteiger partial charge on any atom is 0.294 e. The summed E-state index contributed by atoms with van der Waals surface area (Å²) in [6, 6.07) is 14.8. The highest BCUT2D eigenvalue weighted by atomic mass is 32.2. The molecule has 3 atom stereocenters. The lowest BCUT2D eigenvalue weighted by molar-refractivity contribution is -0.150. The first-order valence-corrected chi connectivity index (χ1v) is 16.3. The van der Waals surface area contributed by atoms with Crippen molar-refractivity contribution in [3.05, 3.63) is 71.8 Å². The number of nitrogens with two attached hydrogens (primary N) is 1. The van der Waals surface area contributed by atoms with Crippen LogP contribution in [-0.4, -0.2) is 53.0 Å². The summed E-state index contributed by atoms with van der Waals surface area (Å²) in [5.74, 6) is -2.79. The lowest BCUT2D eigenvalue weighted by Gasteiger charge is -2.33. The third-order valence-corrected chi connectivity index (χ3v) is 8.23. The Balaban J connectivity index is 0.000000514. The predicted octanol–water partition coefficient (Wildman–Crippen LogP) is 4.27. The van der Waals surface area contributed by atoms with Gasteiger partial charge in [-0.1, -0.05) is 86.9 Å². The van der Waals surface area contributed by atoms with Crippen molar-refractivity contribution in [2.24, 2.45) is 23.5 Å². The van der Waals surface area contributed by atoms with Crippen LogP contribution in [0.15, 0.2) is 65.6 Å².